The van der Waals surface area contributed by atoms with Crippen molar-refractivity contribution in [1.29, 1.82) is 0 Å². The molecule has 1 aromatic heterocycles. The molecule has 0 aliphatic heterocycles. The van der Waals surface area contributed by atoms with E-state index in [1.807, 2.05) is 61.7 Å². The average Bonchev–Trinajstić information content (AvgIpc) is 3.22. The molecule has 172 valence electrons. The van der Waals surface area contributed by atoms with Crippen molar-refractivity contribution in [3.05, 3.63) is 76.2 Å². The molecule has 0 radical (unpaired) electrons. The maximum Gasteiger partial charge on any atom is 0.341 e. The first kappa shape index (κ1) is 24.3. The fraction of sp³-hybridized carbons (Fsp3) is 0.259. The number of amides is 1. The Bertz CT molecular complexity index is 1150. The third-order valence-corrected chi connectivity index (χ3v) is 6.00. The number of esters is 1. The SMILES string of the molecule is CCCOc1ccc(C=CC(=O)Nc2scc(-c3ccc(C)c(C)c3)c2C(=O)OCC)cc1. The van der Waals surface area contributed by atoms with Gasteiger partial charge in [0, 0.05) is 17.0 Å². The van der Waals surface area contributed by atoms with Crippen LogP contribution in [-0.4, -0.2) is 25.1 Å². The second-order valence-corrected chi connectivity index (χ2v) is 8.49. The summed E-state index contributed by atoms with van der Waals surface area (Å²) in [4.78, 5) is 25.3. The fourth-order valence-corrected chi connectivity index (χ4v) is 4.16. The van der Waals surface area contributed by atoms with Gasteiger partial charge >= 0.3 is 5.97 Å². The van der Waals surface area contributed by atoms with Crippen LogP contribution in [0.4, 0.5) is 5.00 Å². The number of carbonyl (C=O) groups is 2. The van der Waals surface area contributed by atoms with Gasteiger partial charge in [-0.05, 0) is 67.7 Å². The number of thiophene rings is 1. The van der Waals surface area contributed by atoms with Gasteiger partial charge in [-0.25, -0.2) is 4.79 Å². The molecule has 0 unspecified atom stereocenters. The molecule has 0 aliphatic rings. The van der Waals surface area contributed by atoms with Crippen molar-refractivity contribution < 1.29 is 19.1 Å². The van der Waals surface area contributed by atoms with Gasteiger partial charge in [0.25, 0.3) is 0 Å². The molecule has 0 saturated heterocycles. The zero-order valence-corrected chi connectivity index (χ0v) is 20.3. The number of hydrogen-bond acceptors (Lipinski definition) is 5. The highest BCUT2D eigenvalue weighted by Gasteiger charge is 2.22. The molecule has 0 aliphatic carbocycles. The van der Waals surface area contributed by atoms with Gasteiger partial charge in [0.05, 0.1) is 13.2 Å². The zero-order chi connectivity index (χ0) is 23.8. The molecule has 3 rings (SSSR count). The summed E-state index contributed by atoms with van der Waals surface area (Å²) in [5.74, 6) is 0.0317. The lowest BCUT2D eigenvalue weighted by Crippen LogP contribution is -2.12. The third-order valence-electron chi connectivity index (χ3n) is 5.11. The van der Waals surface area contributed by atoms with Gasteiger partial charge in [-0.2, -0.15) is 0 Å². The Morgan fingerprint density at radius 2 is 1.79 bits per heavy atom. The van der Waals surface area contributed by atoms with Gasteiger partial charge < -0.3 is 14.8 Å². The van der Waals surface area contributed by atoms with Crippen LogP contribution in [0.3, 0.4) is 0 Å². The lowest BCUT2D eigenvalue weighted by molar-refractivity contribution is -0.111. The molecule has 33 heavy (non-hydrogen) atoms. The van der Waals surface area contributed by atoms with Crippen LogP contribution in [0, 0.1) is 13.8 Å². The van der Waals surface area contributed by atoms with Gasteiger partial charge in [-0.15, -0.1) is 11.3 Å². The standard InChI is InChI=1S/C27H29NO4S/c1-5-15-32-22-12-8-20(9-13-22)10-14-24(29)28-26-25(27(30)31-6-2)23(17-33-26)21-11-7-18(3)19(4)16-21/h7-14,16-17H,5-6,15H2,1-4H3,(H,28,29). The number of nitrogens with one attached hydrogen (secondary N) is 1. The lowest BCUT2D eigenvalue weighted by Gasteiger charge is -2.09. The van der Waals surface area contributed by atoms with Crippen molar-refractivity contribution in [3.8, 4) is 16.9 Å². The van der Waals surface area contributed by atoms with Crippen molar-refractivity contribution in [2.45, 2.75) is 34.1 Å². The maximum absolute atomic E-state index is 12.7. The van der Waals surface area contributed by atoms with E-state index in [-0.39, 0.29) is 12.5 Å². The molecule has 1 N–H and O–H groups in total. The summed E-state index contributed by atoms with van der Waals surface area (Å²) in [5, 5.41) is 5.19. The maximum atomic E-state index is 12.7. The monoisotopic (exact) mass is 463 g/mol. The number of anilines is 1. The summed E-state index contributed by atoms with van der Waals surface area (Å²) < 4.78 is 10.9. The summed E-state index contributed by atoms with van der Waals surface area (Å²) >= 11 is 1.31. The van der Waals surface area contributed by atoms with Gasteiger partial charge in [-0.1, -0.05) is 37.3 Å². The van der Waals surface area contributed by atoms with E-state index in [0.717, 1.165) is 34.4 Å². The average molecular weight is 464 g/mol. The Hall–Kier alpha value is -3.38. The molecule has 3 aromatic rings. The first-order chi connectivity index (χ1) is 15.9. The summed E-state index contributed by atoms with van der Waals surface area (Å²) in [7, 11) is 0. The van der Waals surface area contributed by atoms with E-state index in [1.54, 1.807) is 13.0 Å². The van der Waals surface area contributed by atoms with Crippen LogP contribution in [0.1, 0.15) is 47.3 Å². The van der Waals surface area contributed by atoms with Crippen molar-refractivity contribution in [1.82, 2.24) is 0 Å². The number of aryl methyl sites for hydroxylation is 2. The van der Waals surface area contributed by atoms with Crippen LogP contribution in [0.2, 0.25) is 0 Å². The minimum absolute atomic E-state index is 0.256. The van der Waals surface area contributed by atoms with Gasteiger partial charge in [-0.3, -0.25) is 4.79 Å². The molecular weight excluding hydrogens is 434 g/mol. The Labute approximate surface area is 199 Å². The minimum Gasteiger partial charge on any atom is -0.494 e. The fourth-order valence-electron chi connectivity index (χ4n) is 3.20. The van der Waals surface area contributed by atoms with Gasteiger partial charge in [0.1, 0.15) is 16.3 Å². The summed E-state index contributed by atoms with van der Waals surface area (Å²) in [6.07, 6.45) is 4.12. The third kappa shape index (κ3) is 6.33. The normalized spacial score (nSPS) is 10.9. The highest BCUT2D eigenvalue weighted by Crippen LogP contribution is 2.37. The first-order valence-corrected chi connectivity index (χ1v) is 11.9. The van der Waals surface area contributed by atoms with E-state index in [0.29, 0.717) is 17.2 Å². The van der Waals surface area contributed by atoms with E-state index in [4.69, 9.17) is 9.47 Å². The number of rotatable bonds is 9. The number of hydrogen-bond donors (Lipinski definition) is 1. The predicted octanol–water partition coefficient (Wildman–Crippen LogP) is 6.65. The van der Waals surface area contributed by atoms with Crippen LogP contribution in [-0.2, 0) is 9.53 Å². The Morgan fingerprint density at radius 1 is 1.03 bits per heavy atom. The second kappa shape index (κ2) is 11.5. The van der Waals surface area contributed by atoms with E-state index in [9.17, 15) is 9.59 Å². The van der Waals surface area contributed by atoms with Crippen LogP contribution in [0.25, 0.3) is 17.2 Å². The van der Waals surface area contributed by atoms with Gasteiger partial charge in [0.15, 0.2) is 0 Å². The highest BCUT2D eigenvalue weighted by molar-refractivity contribution is 7.15. The number of ether oxygens (including phenoxy) is 2. The van der Waals surface area contributed by atoms with Crippen LogP contribution >= 0.6 is 11.3 Å². The second-order valence-electron chi connectivity index (χ2n) is 7.61. The van der Waals surface area contributed by atoms with E-state index < -0.39 is 5.97 Å². The zero-order valence-electron chi connectivity index (χ0n) is 19.4. The Balaban J connectivity index is 1.80. The van der Waals surface area contributed by atoms with Crippen LogP contribution < -0.4 is 10.1 Å². The molecule has 2 aromatic carbocycles. The molecule has 0 spiro atoms. The molecule has 1 heterocycles. The van der Waals surface area contributed by atoms with E-state index >= 15 is 0 Å². The van der Waals surface area contributed by atoms with E-state index in [1.165, 1.54) is 23.0 Å². The number of benzene rings is 2. The first-order valence-electron chi connectivity index (χ1n) is 11.0. The quantitative estimate of drug-likeness (QED) is 0.285. The highest BCUT2D eigenvalue weighted by atomic mass is 32.1. The van der Waals surface area contributed by atoms with Crippen molar-refractivity contribution >= 4 is 34.3 Å². The molecule has 0 bridgehead atoms. The molecule has 0 saturated carbocycles. The minimum atomic E-state index is -0.450. The number of carbonyl (C=O) groups excluding carboxylic acids is 2. The van der Waals surface area contributed by atoms with Crippen molar-refractivity contribution in [2.24, 2.45) is 0 Å². The molecule has 1 amide bonds. The lowest BCUT2D eigenvalue weighted by atomic mass is 9.99. The topological polar surface area (TPSA) is 64.6 Å². The molecule has 0 atom stereocenters. The summed E-state index contributed by atoms with van der Waals surface area (Å²) in [6, 6.07) is 13.6. The molecule has 5 nitrogen and oxygen atoms in total. The van der Waals surface area contributed by atoms with Gasteiger partial charge in [0.2, 0.25) is 5.91 Å². The van der Waals surface area contributed by atoms with E-state index in [2.05, 4.69) is 12.2 Å². The van der Waals surface area contributed by atoms with Crippen molar-refractivity contribution in [3.63, 3.8) is 0 Å². The van der Waals surface area contributed by atoms with Crippen LogP contribution in [0.15, 0.2) is 53.9 Å². The smallest absolute Gasteiger partial charge is 0.341 e. The molecule has 6 heteroatoms. The largest absolute Gasteiger partial charge is 0.494 e. The summed E-state index contributed by atoms with van der Waals surface area (Å²) in [6.45, 7) is 8.83. The summed E-state index contributed by atoms with van der Waals surface area (Å²) in [5.41, 5.74) is 5.23. The Morgan fingerprint density at radius 3 is 2.45 bits per heavy atom. The van der Waals surface area contributed by atoms with Crippen LogP contribution in [0.5, 0.6) is 5.75 Å². The predicted molar refractivity (Wildman–Crippen MR) is 135 cm³/mol. The molecular formula is C27H29NO4S. The van der Waals surface area contributed by atoms with Crippen molar-refractivity contribution in [2.75, 3.05) is 18.5 Å². The molecule has 0 fully saturated rings. The Kier molecular flexibility index (Phi) is 8.44.